The second-order valence-corrected chi connectivity index (χ2v) is 31.9. The fourth-order valence-electron chi connectivity index (χ4n) is 11.4. The molecule has 2 unspecified atom stereocenters. The van der Waals surface area contributed by atoms with Gasteiger partial charge in [0.25, 0.3) is 0 Å². The fourth-order valence-corrected chi connectivity index (χ4v) is 13.0. The number of hydrogen-bond donors (Lipinski definition) is 3. The topological polar surface area (TPSA) is 237 Å². The van der Waals surface area contributed by atoms with Gasteiger partial charge in [0.05, 0.1) is 26.4 Å². The predicted octanol–water partition coefficient (Wildman–Crippen LogP) is 21.7. The van der Waals surface area contributed by atoms with E-state index in [4.69, 9.17) is 37.0 Å². The summed E-state index contributed by atoms with van der Waals surface area (Å²) in [4.78, 5) is 72.6. The highest BCUT2D eigenvalue weighted by molar-refractivity contribution is 7.47. The van der Waals surface area contributed by atoms with Crippen molar-refractivity contribution in [2.24, 2.45) is 23.7 Å². The van der Waals surface area contributed by atoms with Crippen LogP contribution in [0.4, 0.5) is 0 Å². The molecular weight excluding hydrogens is 1230 g/mol. The maximum Gasteiger partial charge on any atom is 0.472 e. The van der Waals surface area contributed by atoms with Gasteiger partial charge in [0, 0.05) is 25.7 Å². The first kappa shape index (κ1) is 92.1. The summed E-state index contributed by atoms with van der Waals surface area (Å²) in [5, 5.41) is 10.6. The van der Waals surface area contributed by atoms with Crippen molar-refractivity contribution in [2.45, 2.75) is 395 Å². The number of carbonyl (C=O) groups excluding carboxylic acids is 4. The quantitative estimate of drug-likeness (QED) is 0.0222. The molecule has 5 atom stereocenters. The molecule has 19 heteroatoms. The number of ether oxygens (including phenoxy) is 4. The van der Waals surface area contributed by atoms with Crippen LogP contribution in [-0.4, -0.2) is 96.7 Å². The number of phosphoric acid groups is 2. The Morgan fingerprint density at radius 2 is 0.447 bits per heavy atom. The largest absolute Gasteiger partial charge is 0.472 e. The molecule has 0 spiro atoms. The number of rotatable bonds is 72. The van der Waals surface area contributed by atoms with E-state index in [1.165, 1.54) is 173 Å². The van der Waals surface area contributed by atoms with Gasteiger partial charge >= 0.3 is 39.5 Å². The Hall–Kier alpha value is -1.94. The van der Waals surface area contributed by atoms with Crippen LogP contribution in [0.3, 0.4) is 0 Å². The monoisotopic (exact) mass is 1380 g/mol. The minimum atomic E-state index is -4.96. The number of carbonyl (C=O) groups is 4. The maximum atomic E-state index is 13.1. The summed E-state index contributed by atoms with van der Waals surface area (Å²) < 4.78 is 68.4. The van der Waals surface area contributed by atoms with Crippen molar-refractivity contribution in [2.75, 3.05) is 39.6 Å². The molecule has 0 rings (SSSR count). The second kappa shape index (κ2) is 64.4. The van der Waals surface area contributed by atoms with E-state index >= 15 is 0 Å². The molecule has 0 aliphatic carbocycles. The fraction of sp³-hybridized carbons (Fsp3) is 0.947. The van der Waals surface area contributed by atoms with Crippen molar-refractivity contribution in [3.63, 3.8) is 0 Å². The molecule has 0 bridgehead atoms. The number of aliphatic hydroxyl groups is 1. The van der Waals surface area contributed by atoms with Gasteiger partial charge in [0.2, 0.25) is 0 Å². The van der Waals surface area contributed by atoms with Crippen LogP contribution in [0.15, 0.2) is 0 Å². The molecule has 0 aliphatic rings. The van der Waals surface area contributed by atoms with Crippen LogP contribution in [0.25, 0.3) is 0 Å². The molecule has 94 heavy (non-hydrogen) atoms. The van der Waals surface area contributed by atoms with Gasteiger partial charge < -0.3 is 33.8 Å². The van der Waals surface area contributed by atoms with E-state index in [2.05, 4.69) is 55.4 Å². The third-order valence-corrected chi connectivity index (χ3v) is 19.2. The lowest BCUT2D eigenvalue weighted by Crippen LogP contribution is -2.30. The summed E-state index contributed by atoms with van der Waals surface area (Å²) in [5.74, 6) is 0.822. The van der Waals surface area contributed by atoms with Crippen LogP contribution in [0.2, 0.25) is 0 Å². The summed E-state index contributed by atoms with van der Waals surface area (Å²) in [6.07, 6.45) is 49.1. The summed E-state index contributed by atoms with van der Waals surface area (Å²) in [7, 11) is -9.91. The highest BCUT2D eigenvalue weighted by Gasteiger charge is 2.30. The average molecular weight is 1380 g/mol. The van der Waals surface area contributed by atoms with Crippen molar-refractivity contribution in [3.8, 4) is 0 Å². The third kappa shape index (κ3) is 68.6. The van der Waals surface area contributed by atoms with Gasteiger partial charge in [0.1, 0.15) is 19.3 Å². The van der Waals surface area contributed by atoms with E-state index in [0.717, 1.165) is 108 Å². The number of hydrogen-bond acceptors (Lipinski definition) is 15. The lowest BCUT2D eigenvalue weighted by Gasteiger charge is -2.21. The Balaban J connectivity index is 5.18. The lowest BCUT2D eigenvalue weighted by molar-refractivity contribution is -0.161. The van der Waals surface area contributed by atoms with Crippen molar-refractivity contribution < 1.29 is 80.2 Å². The van der Waals surface area contributed by atoms with E-state index in [1.54, 1.807) is 0 Å². The lowest BCUT2D eigenvalue weighted by atomic mass is 10.0. The van der Waals surface area contributed by atoms with Gasteiger partial charge in [-0.05, 0) is 49.4 Å². The third-order valence-electron chi connectivity index (χ3n) is 17.3. The van der Waals surface area contributed by atoms with Crippen LogP contribution < -0.4 is 0 Å². The zero-order chi connectivity index (χ0) is 69.6. The zero-order valence-corrected chi connectivity index (χ0v) is 63.4. The van der Waals surface area contributed by atoms with Crippen molar-refractivity contribution in [3.05, 3.63) is 0 Å². The first-order valence-electron chi connectivity index (χ1n) is 38.7. The first-order chi connectivity index (χ1) is 45.1. The molecule has 0 heterocycles. The van der Waals surface area contributed by atoms with E-state index in [9.17, 15) is 43.2 Å². The van der Waals surface area contributed by atoms with Gasteiger partial charge in [-0.25, -0.2) is 9.13 Å². The number of esters is 4. The average Bonchev–Trinajstić information content (AvgIpc) is 1.66. The molecule has 0 radical (unpaired) electrons. The van der Waals surface area contributed by atoms with Gasteiger partial charge in [-0.1, -0.05) is 325 Å². The Morgan fingerprint density at radius 1 is 0.266 bits per heavy atom. The SMILES string of the molecule is CC(C)CCCCCCCCCCCCCCCCCCCCC(=O)O[C@H](COC(=O)CCCCCCCCCCCCCCC(C)C)COP(=O)(O)OC[C@@H](O)COP(=O)(O)OC[C@@H](COC(=O)CCCCCCCCC(C)C)OC(=O)CCCCCCCCC(C)C. The van der Waals surface area contributed by atoms with Gasteiger partial charge in [-0.15, -0.1) is 0 Å². The van der Waals surface area contributed by atoms with Crippen LogP contribution in [0, 0.1) is 23.7 Å². The molecule has 0 aromatic heterocycles. The van der Waals surface area contributed by atoms with Crippen molar-refractivity contribution in [1.82, 2.24) is 0 Å². The molecule has 0 aromatic rings. The Morgan fingerprint density at radius 3 is 0.660 bits per heavy atom. The molecule has 0 aromatic carbocycles. The summed E-state index contributed by atoms with van der Waals surface area (Å²) in [6.45, 7) is 14.1. The molecule has 17 nitrogen and oxygen atoms in total. The normalized spacial score (nSPS) is 14.2. The van der Waals surface area contributed by atoms with Crippen LogP contribution >= 0.6 is 15.6 Å². The van der Waals surface area contributed by atoms with E-state index in [0.29, 0.717) is 37.5 Å². The molecule has 0 amide bonds. The maximum absolute atomic E-state index is 13.1. The number of unbranched alkanes of at least 4 members (excludes halogenated alkanes) is 38. The Labute approximate surface area is 575 Å². The molecule has 3 N–H and O–H groups in total. The predicted molar refractivity (Wildman–Crippen MR) is 381 cm³/mol. The van der Waals surface area contributed by atoms with Gasteiger partial charge in [-0.3, -0.25) is 37.3 Å². The first-order valence-corrected chi connectivity index (χ1v) is 41.7. The van der Waals surface area contributed by atoms with E-state index in [1.807, 2.05) is 0 Å². The molecular formula is C75H146O17P2. The standard InChI is InChI=1S/C75H146O17P2/c1-65(2)51-43-35-27-23-19-15-13-11-9-10-12-14-16-22-26-30-41-49-57-74(79)91-70(61-85-72(77)55-47-39-29-25-21-18-17-20-24-28-36-44-52-66(3)4)63-89-93(81,82)87-59-69(76)60-88-94(83,84)90-64-71(92-75(80)58-50-42-34-32-38-46-54-68(7)8)62-86-73(78)56-48-40-33-31-37-45-53-67(5)6/h65-71,76H,9-64H2,1-8H3,(H,81,82)(H,83,84)/t69-,70-,71-/m1/s1. The summed E-state index contributed by atoms with van der Waals surface area (Å²) in [5.41, 5.74) is 0. The Kier molecular flexibility index (Phi) is 63.1. The minimum Gasteiger partial charge on any atom is -0.462 e. The van der Waals surface area contributed by atoms with E-state index in [-0.39, 0.29) is 25.7 Å². The van der Waals surface area contributed by atoms with Gasteiger partial charge in [0.15, 0.2) is 12.2 Å². The van der Waals surface area contributed by atoms with Crippen molar-refractivity contribution in [1.29, 1.82) is 0 Å². The molecule has 0 aliphatic heterocycles. The molecule has 0 saturated heterocycles. The zero-order valence-electron chi connectivity index (χ0n) is 61.6. The highest BCUT2D eigenvalue weighted by atomic mass is 31.2. The smallest absolute Gasteiger partial charge is 0.462 e. The number of phosphoric ester groups is 2. The molecule has 558 valence electrons. The minimum absolute atomic E-state index is 0.101. The van der Waals surface area contributed by atoms with Crippen LogP contribution in [-0.2, 0) is 65.4 Å². The van der Waals surface area contributed by atoms with Crippen molar-refractivity contribution >= 4 is 39.5 Å². The Bertz CT molecular complexity index is 1850. The summed E-state index contributed by atoms with van der Waals surface area (Å²) >= 11 is 0. The number of aliphatic hydroxyl groups excluding tert-OH is 1. The molecule has 0 fully saturated rings. The highest BCUT2D eigenvalue weighted by Crippen LogP contribution is 2.45. The second-order valence-electron chi connectivity index (χ2n) is 28.9. The molecule has 0 saturated carbocycles. The van der Waals surface area contributed by atoms with Gasteiger partial charge in [-0.2, -0.15) is 0 Å². The van der Waals surface area contributed by atoms with E-state index < -0.39 is 97.5 Å². The van der Waals surface area contributed by atoms with Crippen LogP contribution in [0.5, 0.6) is 0 Å². The van der Waals surface area contributed by atoms with Crippen LogP contribution in [0.1, 0.15) is 376 Å². The summed E-state index contributed by atoms with van der Waals surface area (Å²) in [6, 6.07) is 0.